The van der Waals surface area contributed by atoms with E-state index in [0.717, 1.165) is 44.0 Å². The number of nitrogens with one attached hydrogen (secondary N) is 1. The van der Waals surface area contributed by atoms with Gasteiger partial charge in [-0.3, -0.25) is 0 Å². The molecule has 0 unspecified atom stereocenters. The molecule has 132 valence electrons. The quantitative estimate of drug-likeness (QED) is 0.644. The lowest BCUT2D eigenvalue weighted by Crippen LogP contribution is -2.16. The van der Waals surface area contributed by atoms with Crippen molar-refractivity contribution >= 4 is 12.4 Å². The van der Waals surface area contributed by atoms with Gasteiger partial charge in [0.1, 0.15) is 18.2 Å². The molecule has 0 saturated heterocycles. The minimum absolute atomic E-state index is 0. The van der Waals surface area contributed by atoms with Crippen molar-refractivity contribution < 1.29 is 13.9 Å². The van der Waals surface area contributed by atoms with Crippen molar-refractivity contribution in [1.82, 2.24) is 5.32 Å². The van der Waals surface area contributed by atoms with Crippen molar-refractivity contribution in [2.24, 2.45) is 0 Å². The average molecular weight is 354 g/mol. The molecule has 0 fully saturated rings. The van der Waals surface area contributed by atoms with Gasteiger partial charge >= 0.3 is 0 Å². The van der Waals surface area contributed by atoms with Gasteiger partial charge in [0.05, 0.1) is 0 Å². The van der Waals surface area contributed by atoms with Crippen LogP contribution in [0.2, 0.25) is 0 Å². The number of hydrogen-bond acceptors (Lipinski definition) is 3. The van der Waals surface area contributed by atoms with Gasteiger partial charge in [-0.15, -0.1) is 12.4 Å². The van der Waals surface area contributed by atoms with Crippen LogP contribution in [0.3, 0.4) is 0 Å². The van der Waals surface area contributed by atoms with E-state index in [1.54, 1.807) is 12.1 Å². The predicted octanol–water partition coefficient (Wildman–Crippen LogP) is 4.34. The Kier molecular flexibility index (Phi) is 10.1. The first kappa shape index (κ1) is 20.4. The van der Waals surface area contributed by atoms with E-state index in [9.17, 15) is 4.39 Å². The number of halogens is 2. The highest BCUT2D eigenvalue weighted by Gasteiger charge is 1.99. The normalized spacial score (nSPS) is 10.2. The van der Waals surface area contributed by atoms with Gasteiger partial charge in [-0.05, 0) is 55.3 Å². The van der Waals surface area contributed by atoms with Gasteiger partial charge < -0.3 is 14.8 Å². The molecule has 0 aliphatic heterocycles. The second-order valence-corrected chi connectivity index (χ2v) is 5.29. The first-order chi connectivity index (χ1) is 11.3. The third kappa shape index (κ3) is 7.77. The van der Waals surface area contributed by atoms with E-state index < -0.39 is 0 Å². The maximum Gasteiger partial charge on any atom is 0.123 e. The Balaban J connectivity index is 0.00000288. The zero-order valence-electron chi connectivity index (χ0n) is 14.0. The summed E-state index contributed by atoms with van der Waals surface area (Å²) < 4.78 is 23.9. The second-order valence-electron chi connectivity index (χ2n) is 5.29. The molecule has 0 aliphatic carbocycles. The minimum Gasteiger partial charge on any atom is -0.489 e. The number of hydrogen-bond donors (Lipinski definition) is 1. The van der Waals surface area contributed by atoms with E-state index in [-0.39, 0.29) is 18.2 Å². The minimum atomic E-state index is -0.230. The molecule has 0 heterocycles. The monoisotopic (exact) mass is 353 g/mol. The maximum absolute atomic E-state index is 12.9. The van der Waals surface area contributed by atoms with Crippen molar-refractivity contribution in [3.05, 3.63) is 65.5 Å². The van der Waals surface area contributed by atoms with E-state index in [4.69, 9.17) is 9.47 Å². The van der Waals surface area contributed by atoms with Crippen LogP contribution in [-0.4, -0.2) is 19.8 Å². The summed E-state index contributed by atoms with van der Waals surface area (Å²) in [7, 11) is 0. The Bertz CT molecular complexity index is 578. The van der Waals surface area contributed by atoms with Gasteiger partial charge in [-0.25, -0.2) is 4.39 Å². The van der Waals surface area contributed by atoms with Crippen molar-refractivity contribution in [1.29, 1.82) is 0 Å². The summed E-state index contributed by atoms with van der Waals surface area (Å²) in [5, 5.41) is 3.39. The molecule has 5 heteroatoms. The summed E-state index contributed by atoms with van der Waals surface area (Å²) in [5.41, 5.74) is 2.13. The van der Waals surface area contributed by atoms with Gasteiger partial charge in [0.2, 0.25) is 0 Å². The number of ether oxygens (including phenoxy) is 2. The molecule has 2 aromatic carbocycles. The largest absolute Gasteiger partial charge is 0.489 e. The third-order valence-electron chi connectivity index (χ3n) is 3.39. The fourth-order valence-corrected chi connectivity index (χ4v) is 2.17. The van der Waals surface area contributed by atoms with Gasteiger partial charge in [0.15, 0.2) is 0 Å². The summed E-state index contributed by atoms with van der Waals surface area (Å²) in [5.74, 6) is 0.592. The Morgan fingerprint density at radius 2 is 1.83 bits per heavy atom. The van der Waals surface area contributed by atoms with Crippen molar-refractivity contribution in [2.45, 2.75) is 26.5 Å². The van der Waals surface area contributed by atoms with Crippen LogP contribution in [0.25, 0.3) is 0 Å². The molecule has 0 saturated carbocycles. The van der Waals surface area contributed by atoms with E-state index in [1.165, 1.54) is 17.7 Å². The van der Waals surface area contributed by atoms with E-state index in [1.807, 2.05) is 25.1 Å². The molecule has 24 heavy (non-hydrogen) atoms. The molecule has 0 amide bonds. The van der Waals surface area contributed by atoms with Gasteiger partial charge in [0.25, 0.3) is 0 Å². The van der Waals surface area contributed by atoms with Crippen molar-refractivity contribution in [3.63, 3.8) is 0 Å². The highest BCUT2D eigenvalue weighted by molar-refractivity contribution is 5.85. The van der Waals surface area contributed by atoms with E-state index in [2.05, 4.69) is 11.4 Å². The number of benzene rings is 2. The zero-order chi connectivity index (χ0) is 16.3. The molecule has 0 radical (unpaired) electrons. The fourth-order valence-electron chi connectivity index (χ4n) is 2.17. The molecule has 3 nitrogen and oxygen atoms in total. The Morgan fingerprint density at radius 3 is 2.58 bits per heavy atom. The molecular weight excluding hydrogens is 329 g/mol. The van der Waals surface area contributed by atoms with Crippen LogP contribution in [0.5, 0.6) is 5.75 Å². The zero-order valence-corrected chi connectivity index (χ0v) is 14.8. The first-order valence-corrected chi connectivity index (χ1v) is 8.02. The van der Waals surface area contributed by atoms with Crippen molar-refractivity contribution in [2.75, 3.05) is 19.8 Å². The highest BCUT2D eigenvalue weighted by atomic mass is 35.5. The molecule has 0 atom stereocenters. The summed E-state index contributed by atoms with van der Waals surface area (Å²) in [6, 6.07) is 14.4. The van der Waals surface area contributed by atoms with Crippen molar-refractivity contribution in [3.8, 4) is 5.75 Å². The maximum atomic E-state index is 12.9. The SMILES string of the molecule is CCOCCCNCc1cccc(OCc2ccc(F)cc2)c1.Cl. The lowest BCUT2D eigenvalue weighted by Gasteiger charge is -2.09. The Hall–Kier alpha value is -1.62. The van der Waals surface area contributed by atoms with E-state index in [0.29, 0.717) is 6.61 Å². The summed E-state index contributed by atoms with van der Waals surface area (Å²) >= 11 is 0. The molecule has 2 aromatic rings. The summed E-state index contributed by atoms with van der Waals surface area (Å²) in [6.45, 7) is 5.74. The first-order valence-electron chi connectivity index (χ1n) is 8.02. The lowest BCUT2D eigenvalue weighted by molar-refractivity contribution is 0.144. The molecule has 0 aliphatic rings. The lowest BCUT2D eigenvalue weighted by atomic mass is 10.2. The highest BCUT2D eigenvalue weighted by Crippen LogP contribution is 2.15. The van der Waals surface area contributed by atoms with Gasteiger partial charge in [-0.1, -0.05) is 24.3 Å². The second kappa shape index (κ2) is 11.8. The standard InChI is InChI=1S/C19H24FNO2.ClH/c1-2-22-12-4-11-21-14-17-5-3-6-19(13-17)23-15-16-7-9-18(20)10-8-16;/h3,5-10,13,21H,2,4,11-12,14-15H2,1H3;1H. The van der Waals surface area contributed by atoms with Gasteiger partial charge in [0, 0.05) is 19.8 Å². The van der Waals surface area contributed by atoms with E-state index >= 15 is 0 Å². The summed E-state index contributed by atoms with van der Waals surface area (Å²) in [4.78, 5) is 0. The predicted molar refractivity (Wildman–Crippen MR) is 97.2 cm³/mol. The smallest absolute Gasteiger partial charge is 0.123 e. The fraction of sp³-hybridized carbons (Fsp3) is 0.368. The van der Waals surface area contributed by atoms with Crippen LogP contribution in [0, 0.1) is 5.82 Å². The molecule has 1 N–H and O–H groups in total. The topological polar surface area (TPSA) is 30.5 Å². The molecule has 0 spiro atoms. The molecule has 0 aromatic heterocycles. The van der Waals surface area contributed by atoms with Crippen LogP contribution >= 0.6 is 12.4 Å². The average Bonchev–Trinajstić information content (AvgIpc) is 2.58. The van der Waals surface area contributed by atoms with Crippen LogP contribution < -0.4 is 10.1 Å². The van der Waals surface area contributed by atoms with Crippen LogP contribution in [0.1, 0.15) is 24.5 Å². The van der Waals surface area contributed by atoms with Gasteiger partial charge in [-0.2, -0.15) is 0 Å². The van der Waals surface area contributed by atoms with Crippen LogP contribution in [-0.2, 0) is 17.9 Å². The third-order valence-corrected chi connectivity index (χ3v) is 3.39. The Morgan fingerprint density at radius 1 is 1.04 bits per heavy atom. The molecule has 2 rings (SSSR count). The Labute approximate surface area is 149 Å². The number of rotatable bonds is 10. The summed E-state index contributed by atoms with van der Waals surface area (Å²) in [6.07, 6.45) is 1.01. The molecular formula is C19H25ClFNO2. The van der Waals surface area contributed by atoms with Crippen LogP contribution in [0.15, 0.2) is 48.5 Å². The van der Waals surface area contributed by atoms with Crippen LogP contribution in [0.4, 0.5) is 4.39 Å². The molecule has 0 bridgehead atoms.